The zero-order valence-electron chi connectivity index (χ0n) is 12.8. The van der Waals surface area contributed by atoms with Gasteiger partial charge in [0.15, 0.2) is 0 Å². The van der Waals surface area contributed by atoms with Crippen LogP contribution in [0.25, 0.3) is 0 Å². The highest BCUT2D eigenvalue weighted by Crippen LogP contribution is 2.22. The van der Waals surface area contributed by atoms with Gasteiger partial charge < -0.3 is 19.7 Å². The van der Waals surface area contributed by atoms with Crippen molar-refractivity contribution in [1.29, 1.82) is 0 Å². The second-order valence-corrected chi connectivity index (χ2v) is 5.69. The Morgan fingerprint density at radius 3 is 3.05 bits per heavy atom. The number of morpholine rings is 1. The van der Waals surface area contributed by atoms with Crippen molar-refractivity contribution in [2.75, 3.05) is 37.8 Å². The number of aryl methyl sites for hydroxylation is 1. The normalized spacial score (nSPS) is 22.4. The van der Waals surface area contributed by atoms with Crippen molar-refractivity contribution in [3.63, 3.8) is 0 Å². The van der Waals surface area contributed by atoms with Crippen LogP contribution >= 0.6 is 0 Å². The molecule has 1 saturated carbocycles. The number of rotatable bonds is 6. The van der Waals surface area contributed by atoms with Gasteiger partial charge in [-0.3, -0.25) is 0 Å². The highest BCUT2D eigenvalue weighted by Gasteiger charge is 2.28. The van der Waals surface area contributed by atoms with E-state index in [1.54, 1.807) is 0 Å². The van der Waals surface area contributed by atoms with Gasteiger partial charge >= 0.3 is 0 Å². The van der Waals surface area contributed by atoms with Gasteiger partial charge in [0.2, 0.25) is 11.8 Å². The summed E-state index contributed by atoms with van der Waals surface area (Å²) < 4.78 is 11.2. The molecule has 1 saturated heterocycles. The zero-order chi connectivity index (χ0) is 14.7. The summed E-state index contributed by atoms with van der Waals surface area (Å²) in [6.07, 6.45) is 2.59. The number of nitrogens with one attached hydrogen (secondary N) is 1. The Kier molecular flexibility index (Phi) is 4.55. The lowest BCUT2D eigenvalue weighted by Gasteiger charge is -2.36. The monoisotopic (exact) mass is 292 g/mol. The Hall–Kier alpha value is -1.40. The molecule has 0 amide bonds. The number of hydrogen-bond acceptors (Lipinski definition) is 6. The lowest BCUT2D eigenvalue weighted by atomic mass is 10.2. The number of nitrogens with zero attached hydrogens (tertiary/aromatic N) is 3. The van der Waals surface area contributed by atoms with Gasteiger partial charge in [-0.2, -0.15) is 4.98 Å². The van der Waals surface area contributed by atoms with Crippen LogP contribution in [0.15, 0.2) is 6.07 Å². The highest BCUT2D eigenvalue weighted by molar-refractivity contribution is 5.36. The standard InChI is InChI=1S/C15H24N4O2/c1-3-21-14-8-11(2)17-15(18-14)19-6-7-20-10-13(19)9-16-12-4-5-12/h8,12-13,16H,3-7,9-10H2,1-2H3. The molecule has 6 nitrogen and oxygen atoms in total. The predicted molar refractivity (Wildman–Crippen MR) is 80.9 cm³/mol. The fourth-order valence-electron chi connectivity index (χ4n) is 2.55. The molecule has 1 N–H and O–H groups in total. The van der Waals surface area contributed by atoms with Crippen LogP contribution < -0.4 is 15.0 Å². The molecule has 0 bridgehead atoms. The van der Waals surface area contributed by atoms with Crippen molar-refractivity contribution in [3.05, 3.63) is 11.8 Å². The second kappa shape index (κ2) is 6.58. The Balaban J connectivity index is 1.74. The first-order valence-electron chi connectivity index (χ1n) is 7.82. The van der Waals surface area contributed by atoms with E-state index in [0.717, 1.165) is 37.9 Å². The van der Waals surface area contributed by atoms with Crippen LogP contribution in [0.3, 0.4) is 0 Å². The van der Waals surface area contributed by atoms with E-state index in [9.17, 15) is 0 Å². The van der Waals surface area contributed by atoms with E-state index in [4.69, 9.17) is 9.47 Å². The average molecular weight is 292 g/mol. The van der Waals surface area contributed by atoms with Gasteiger partial charge in [-0.05, 0) is 26.7 Å². The maximum absolute atomic E-state index is 5.63. The van der Waals surface area contributed by atoms with E-state index in [0.29, 0.717) is 18.5 Å². The van der Waals surface area contributed by atoms with Gasteiger partial charge in [-0.15, -0.1) is 0 Å². The molecule has 0 spiro atoms. The van der Waals surface area contributed by atoms with Gasteiger partial charge in [-0.25, -0.2) is 4.98 Å². The molecule has 21 heavy (non-hydrogen) atoms. The van der Waals surface area contributed by atoms with Crippen molar-refractivity contribution in [2.24, 2.45) is 0 Å². The molecule has 1 unspecified atom stereocenters. The van der Waals surface area contributed by atoms with Gasteiger partial charge in [-0.1, -0.05) is 0 Å². The summed E-state index contributed by atoms with van der Waals surface area (Å²) in [6, 6.07) is 2.87. The maximum Gasteiger partial charge on any atom is 0.229 e. The molecule has 1 aromatic heterocycles. The minimum absolute atomic E-state index is 0.288. The molecule has 1 aromatic rings. The van der Waals surface area contributed by atoms with Gasteiger partial charge in [0, 0.05) is 30.9 Å². The molecule has 6 heteroatoms. The van der Waals surface area contributed by atoms with Crippen molar-refractivity contribution >= 4 is 5.95 Å². The summed E-state index contributed by atoms with van der Waals surface area (Å²) in [5, 5.41) is 3.57. The van der Waals surface area contributed by atoms with Crippen molar-refractivity contribution in [2.45, 2.75) is 38.8 Å². The zero-order valence-corrected chi connectivity index (χ0v) is 12.8. The SMILES string of the molecule is CCOc1cc(C)nc(N2CCOCC2CNC2CC2)n1. The van der Waals surface area contributed by atoms with E-state index in [1.165, 1.54) is 12.8 Å². The van der Waals surface area contributed by atoms with Crippen LogP contribution in [0.1, 0.15) is 25.5 Å². The molecule has 2 heterocycles. The largest absolute Gasteiger partial charge is 0.478 e. The fraction of sp³-hybridized carbons (Fsp3) is 0.733. The van der Waals surface area contributed by atoms with Crippen LogP contribution in [0.2, 0.25) is 0 Å². The van der Waals surface area contributed by atoms with Crippen molar-refractivity contribution in [1.82, 2.24) is 15.3 Å². The molecule has 2 fully saturated rings. The molecular weight excluding hydrogens is 268 g/mol. The average Bonchev–Trinajstić information content (AvgIpc) is 3.29. The Bertz CT molecular complexity index is 479. The third-order valence-corrected chi connectivity index (χ3v) is 3.82. The molecular formula is C15H24N4O2. The summed E-state index contributed by atoms with van der Waals surface area (Å²) >= 11 is 0. The first kappa shape index (κ1) is 14.5. The molecule has 0 aromatic carbocycles. The van der Waals surface area contributed by atoms with Crippen LogP contribution in [-0.2, 0) is 4.74 Å². The lowest BCUT2D eigenvalue weighted by molar-refractivity contribution is 0.0926. The topological polar surface area (TPSA) is 59.5 Å². The molecule has 2 aliphatic rings. The number of ether oxygens (including phenoxy) is 2. The Morgan fingerprint density at radius 2 is 2.29 bits per heavy atom. The summed E-state index contributed by atoms with van der Waals surface area (Å²) in [6.45, 7) is 7.76. The van der Waals surface area contributed by atoms with Crippen molar-refractivity contribution < 1.29 is 9.47 Å². The van der Waals surface area contributed by atoms with E-state index in [-0.39, 0.29) is 6.04 Å². The molecule has 1 aliphatic heterocycles. The minimum atomic E-state index is 0.288. The number of anilines is 1. The summed E-state index contributed by atoms with van der Waals surface area (Å²) in [7, 11) is 0. The number of hydrogen-bond donors (Lipinski definition) is 1. The van der Waals surface area contributed by atoms with Gasteiger partial charge in [0.05, 0.1) is 25.9 Å². The Morgan fingerprint density at radius 1 is 1.43 bits per heavy atom. The van der Waals surface area contributed by atoms with Crippen LogP contribution in [0.5, 0.6) is 5.88 Å². The van der Waals surface area contributed by atoms with Crippen LogP contribution in [-0.4, -0.2) is 55.0 Å². The predicted octanol–water partition coefficient (Wildman–Crippen LogP) is 1.14. The van der Waals surface area contributed by atoms with E-state index in [1.807, 2.05) is 19.9 Å². The van der Waals surface area contributed by atoms with Crippen molar-refractivity contribution in [3.8, 4) is 5.88 Å². The maximum atomic E-state index is 5.63. The molecule has 3 rings (SSSR count). The van der Waals surface area contributed by atoms with Crippen LogP contribution in [0.4, 0.5) is 5.95 Å². The van der Waals surface area contributed by atoms with Gasteiger partial charge in [0.25, 0.3) is 0 Å². The van der Waals surface area contributed by atoms with E-state index >= 15 is 0 Å². The first-order chi connectivity index (χ1) is 10.3. The molecule has 1 atom stereocenters. The summed E-state index contributed by atoms with van der Waals surface area (Å²) in [5.41, 5.74) is 0.934. The lowest BCUT2D eigenvalue weighted by Crippen LogP contribution is -2.51. The molecule has 116 valence electrons. The summed E-state index contributed by atoms with van der Waals surface area (Å²) in [5.74, 6) is 1.41. The Labute approximate surface area is 125 Å². The fourth-order valence-corrected chi connectivity index (χ4v) is 2.55. The van der Waals surface area contributed by atoms with Gasteiger partial charge in [0.1, 0.15) is 0 Å². The molecule has 1 aliphatic carbocycles. The third-order valence-electron chi connectivity index (χ3n) is 3.82. The quantitative estimate of drug-likeness (QED) is 0.848. The van der Waals surface area contributed by atoms with E-state index < -0.39 is 0 Å². The second-order valence-electron chi connectivity index (χ2n) is 5.69. The minimum Gasteiger partial charge on any atom is -0.478 e. The van der Waals surface area contributed by atoms with Crippen LogP contribution in [0, 0.1) is 6.92 Å². The first-order valence-corrected chi connectivity index (χ1v) is 7.82. The van der Waals surface area contributed by atoms with E-state index in [2.05, 4.69) is 20.2 Å². The molecule has 0 radical (unpaired) electrons. The number of aromatic nitrogens is 2. The smallest absolute Gasteiger partial charge is 0.229 e. The highest BCUT2D eigenvalue weighted by atomic mass is 16.5. The summed E-state index contributed by atoms with van der Waals surface area (Å²) in [4.78, 5) is 11.4. The third kappa shape index (κ3) is 3.83.